The molecule has 0 radical (unpaired) electrons. The maximum Gasteiger partial charge on any atom is 0.108 e. The SMILES string of the molecule is c1ccc(-n2c3ccccc3c3cc(-c4cc5c6ccccc6n6c7sccc7c(c4)c56)ccc32)cc1. The van der Waals surface area contributed by atoms with Gasteiger partial charge in [-0.2, -0.15) is 0 Å². The summed E-state index contributed by atoms with van der Waals surface area (Å²) in [5.41, 5.74) is 8.81. The van der Waals surface area contributed by atoms with E-state index in [0.717, 1.165) is 0 Å². The topological polar surface area (TPSA) is 9.34 Å². The maximum atomic E-state index is 2.46. The molecule has 0 aliphatic carbocycles. The van der Waals surface area contributed by atoms with Crippen LogP contribution in [0.25, 0.3) is 76.0 Å². The van der Waals surface area contributed by atoms with Crippen molar-refractivity contribution in [3.63, 3.8) is 0 Å². The zero-order valence-electron chi connectivity index (χ0n) is 19.8. The highest BCUT2D eigenvalue weighted by Gasteiger charge is 2.20. The van der Waals surface area contributed by atoms with Crippen molar-refractivity contribution in [2.75, 3.05) is 0 Å². The van der Waals surface area contributed by atoms with Crippen molar-refractivity contribution < 1.29 is 0 Å². The van der Waals surface area contributed by atoms with Crippen LogP contribution < -0.4 is 0 Å². The highest BCUT2D eigenvalue weighted by atomic mass is 32.1. The molecule has 5 aromatic carbocycles. The zero-order valence-corrected chi connectivity index (χ0v) is 20.7. The molecule has 0 amide bonds. The minimum absolute atomic E-state index is 1.19. The number of hydrogen-bond acceptors (Lipinski definition) is 1. The summed E-state index contributed by atoms with van der Waals surface area (Å²) in [6.07, 6.45) is 0. The molecule has 0 atom stereocenters. The van der Waals surface area contributed by atoms with Gasteiger partial charge in [-0.3, -0.25) is 4.40 Å². The lowest BCUT2D eigenvalue weighted by Gasteiger charge is -2.08. The molecule has 0 unspecified atom stereocenters. The van der Waals surface area contributed by atoms with E-state index >= 15 is 0 Å². The van der Waals surface area contributed by atoms with Crippen LogP contribution >= 0.6 is 11.3 Å². The molecule has 172 valence electrons. The first-order chi connectivity index (χ1) is 18.4. The van der Waals surface area contributed by atoms with Gasteiger partial charge in [0.2, 0.25) is 0 Å². The minimum Gasteiger partial charge on any atom is -0.309 e. The molecule has 0 aliphatic rings. The van der Waals surface area contributed by atoms with E-state index in [0.29, 0.717) is 0 Å². The highest BCUT2D eigenvalue weighted by Crippen LogP contribution is 2.43. The summed E-state index contributed by atoms with van der Waals surface area (Å²) in [7, 11) is 0. The smallest absolute Gasteiger partial charge is 0.108 e. The summed E-state index contributed by atoms with van der Waals surface area (Å²) < 4.78 is 4.84. The molecule has 0 fully saturated rings. The lowest BCUT2D eigenvalue weighted by Crippen LogP contribution is -1.92. The quantitative estimate of drug-likeness (QED) is 0.229. The lowest BCUT2D eigenvalue weighted by atomic mass is 9.98. The Labute approximate surface area is 216 Å². The third-order valence-electron chi connectivity index (χ3n) is 7.93. The van der Waals surface area contributed by atoms with E-state index in [9.17, 15) is 0 Å². The van der Waals surface area contributed by atoms with Crippen molar-refractivity contribution in [1.82, 2.24) is 8.97 Å². The molecule has 0 saturated carbocycles. The number of fused-ring (bicyclic) bond motifs is 9. The number of para-hydroxylation sites is 3. The molecule has 2 nitrogen and oxygen atoms in total. The number of hydrogen-bond donors (Lipinski definition) is 0. The van der Waals surface area contributed by atoms with Crippen LogP contribution in [0.15, 0.2) is 121 Å². The fraction of sp³-hybridized carbons (Fsp3) is 0. The fourth-order valence-electron chi connectivity index (χ4n) is 6.37. The van der Waals surface area contributed by atoms with Gasteiger partial charge in [-0.25, -0.2) is 0 Å². The fourth-order valence-corrected chi connectivity index (χ4v) is 7.30. The highest BCUT2D eigenvalue weighted by molar-refractivity contribution is 7.17. The van der Waals surface area contributed by atoms with Gasteiger partial charge in [0.25, 0.3) is 0 Å². The summed E-state index contributed by atoms with van der Waals surface area (Å²) in [5, 5.41) is 10.1. The molecule has 0 aliphatic heterocycles. The van der Waals surface area contributed by atoms with Gasteiger partial charge >= 0.3 is 0 Å². The second kappa shape index (κ2) is 7.00. The predicted molar refractivity (Wildman–Crippen MR) is 159 cm³/mol. The number of aromatic nitrogens is 2. The van der Waals surface area contributed by atoms with Crippen molar-refractivity contribution in [3.8, 4) is 16.8 Å². The molecule has 9 aromatic rings. The van der Waals surface area contributed by atoms with Gasteiger partial charge in [0, 0.05) is 38.0 Å². The largest absolute Gasteiger partial charge is 0.309 e. The standard InChI is InChI=1S/C34H20N2S/c1-2-8-23(9-3-1)35-30-12-6-4-10-24(30)27-18-21(14-15-32(27)35)22-19-28-25-11-5-7-13-31(25)36-33(28)29(20-22)26-16-17-37-34(26)36/h1-20H. The average molecular weight is 489 g/mol. The Morgan fingerprint density at radius 2 is 1.11 bits per heavy atom. The third kappa shape index (κ3) is 2.49. The molecule has 0 N–H and O–H groups in total. The average Bonchev–Trinajstić information content (AvgIpc) is 3.70. The van der Waals surface area contributed by atoms with E-state index in [1.54, 1.807) is 0 Å². The third-order valence-corrected chi connectivity index (χ3v) is 8.82. The maximum absolute atomic E-state index is 2.46. The van der Waals surface area contributed by atoms with Crippen molar-refractivity contribution in [2.45, 2.75) is 0 Å². The second-order valence-corrected chi connectivity index (χ2v) is 10.7. The van der Waals surface area contributed by atoms with E-state index < -0.39 is 0 Å². The second-order valence-electron chi connectivity index (χ2n) is 9.83. The number of thiophene rings is 1. The molecular formula is C34H20N2S. The van der Waals surface area contributed by atoms with Crippen LogP contribution in [0, 0.1) is 0 Å². The minimum atomic E-state index is 1.19. The van der Waals surface area contributed by atoms with Crippen LogP contribution in [0.5, 0.6) is 0 Å². The van der Waals surface area contributed by atoms with Crippen LogP contribution in [0.2, 0.25) is 0 Å². The lowest BCUT2D eigenvalue weighted by molar-refractivity contribution is 1.18. The Hall–Kier alpha value is -4.60. The Kier molecular flexibility index (Phi) is 3.70. The first kappa shape index (κ1) is 19.6. The number of nitrogens with zero attached hydrogens (tertiary/aromatic N) is 2. The molecule has 4 aromatic heterocycles. The van der Waals surface area contributed by atoms with Gasteiger partial charge in [-0.05, 0) is 71.1 Å². The molecule has 3 heteroatoms. The van der Waals surface area contributed by atoms with Gasteiger partial charge in [0.05, 0.1) is 22.1 Å². The van der Waals surface area contributed by atoms with Gasteiger partial charge in [-0.15, -0.1) is 11.3 Å². The summed E-state index contributed by atoms with van der Waals surface area (Å²) in [4.78, 5) is 1.33. The number of rotatable bonds is 2. The number of benzene rings is 5. The van der Waals surface area contributed by atoms with Crippen LogP contribution in [0.4, 0.5) is 0 Å². The monoisotopic (exact) mass is 488 g/mol. The van der Waals surface area contributed by atoms with E-state index in [1.807, 2.05) is 11.3 Å². The predicted octanol–water partition coefficient (Wildman–Crippen LogP) is 9.66. The van der Waals surface area contributed by atoms with Gasteiger partial charge in [-0.1, -0.05) is 60.7 Å². The molecule has 0 spiro atoms. The van der Waals surface area contributed by atoms with Gasteiger partial charge < -0.3 is 4.57 Å². The van der Waals surface area contributed by atoms with Crippen LogP contribution in [-0.2, 0) is 0 Å². The van der Waals surface area contributed by atoms with E-state index in [4.69, 9.17) is 0 Å². The summed E-state index contributed by atoms with van der Waals surface area (Å²) >= 11 is 1.83. The summed E-state index contributed by atoms with van der Waals surface area (Å²) in [6, 6.07) is 42.2. The van der Waals surface area contributed by atoms with Crippen molar-refractivity contribution in [1.29, 1.82) is 0 Å². The first-order valence-corrected chi connectivity index (χ1v) is 13.5. The van der Waals surface area contributed by atoms with E-state index in [1.165, 1.54) is 76.0 Å². The van der Waals surface area contributed by atoms with Crippen LogP contribution in [-0.4, -0.2) is 8.97 Å². The normalized spacial score (nSPS) is 12.3. The van der Waals surface area contributed by atoms with Gasteiger partial charge in [0.15, 0.2) is 0 Å². The molecular weight excluding hydrogens is 468 g/mol. The molecule has 4 heterocycles. The Morgan fingerprint density at radius 1 is 0.459 bits per heavy atom. The van der Waals surface area contributed by atoms with Crippen molar-refractivity contribution in [2.24, 2.45) is 0 Å². The van der Waals surface area contributed by atoms with Crippen molar-refractivity contribution >= 4 is 70.6 Å². The van der Waals surface area contributed by atoms with Crippen molar-refractivity contribution in [3.05, 3.63) is 121 Å². The zero-order chi connectivity index (χ0) is 24.1. The molecule has 0 saturated heterocycles. The van der Waals surface area contributed by atoms with E-state index in [2.05, 4.69) is 130 Å². The van der Waals surface area contributed by atoms with Crippen LogP contribution in [0.1, 0.15) is 0 Å². The van der Waals surface area contributed by atoms with E-state index in [-0.39, 0.29) is 0 Å². The Bertz CT molecular complexity index is 2300. The summed E-state index contributed by atoms with van der Waals surface area (Å²) in [6.45, 7) is 0. The molecule has 9 rings (SSSR count). The van der Waals surface area contributed by atoms with Crippen LogP contribution in [0.3, 0.4) is 0 Å². The Morgan fingerprint density at radius 3 is 1.95 bits per heavy atom. The van der Waals surface area contributed by atoms with Gasteiger partial charge in [0.1, 0.15) is 4.83 Å². The molecule has 37 heavy (non-hydrogen) atoms. The Balaban J connectivity index is 1.37. The molecule has 0 bridgehead atoms. The summed E-state index contributed by atoms with van der Waals surface area (Å²) in [5.74, 6) is 0. The first-order valence-electron chi connectivity index (χ1n) is 12.6.